The van der Waals surface area contributed by atoms with Crippen molar-refractivity contribution in [3.8, 4) is 0 Å². The minimum atomic E-state index is -2.04. The summed E-state index contributed by atoms with van der Waals surface area (Å²) in [5, 5.41) is 0. The lowest BCUT2D eigenvalue weighted by Gasteiger charge is -2.34. The largest absolute Gasteiger partial charge is 0.307 e. The van der Waals surface area contributed by atoms with Crippen molar-refractivity contribution in [3.05, 3.63) is 0 Å². The van der Waals surface area contributed by atoms with Gasteiger partial charge in [0, 0.05) is 18.9 Å². The van der Waals surface area contributed by atoms with Crippen LogP contribution in [0.15, 0.2) is 0 Å². The van der Waals surface area contributed by atoms with E-state index in [1.54, 1.807) is 13.3 Å². The Labute approximate surface area is 64.0 Å². The maximum atomic E-state index is 11.5. The van der Waals surface area contributed by atoms with E-state index in [4.69, 9.17) is 0 Å². The van der Waals surface area contributed by atoms with Crippen LogP contribution in [0.1, 0.15) is 20.8 Å². The highest BCUT2D eigenvalue weighted by atomic mass is 31.2. The summed E-state index contributed by atoms with van der Waals surface area (Å²) in [7, 11) is -0.141. The summed E-state index contributed by atoms with van der Waals surface area (Å²) in [5.74, 6) is 0. The molecule has 62 valence electrons. The van der Waals surface area contributed by atoms with Gasteiger partial charge in [-0.15, -0.1) is 0 Å². The molecule has 10 heavy (non-hydrogen) atoms. The third-order valence-corrected chi connectivity index (χ3v) is 3.74. The van der Waals surface area contributed by atoms with Gasteiger partial charge in [0.05, 0.1) is 0 Å². The van der Waals surface area contributed by atoms with Gasteiger partial charge in [-0.25, -0.2) is 0 Å². The fourth-order valence-electron chi connectivity index (χ4n) is 0.722. The fourth-order valence-corrected chi connectivity index (χ4v) is 2.17. The maximum absolute atomic E-state index is 11.5. The van der Waals surface area contributed by atoms with Gasteiger partial charge in [0.15, 0.2) is 0 Å². The van der Waals surface area contributed by atoms with Crippen molar-refractivity contribution in [1.82, 2.24) is 4.67 Å². The molecule has 0 amide bonds. The third-order valence-electron chi connectivity index (χ3n) is 1.69. The number of hydrogen-bond donors (Lipinski definition) is 0. The van der Waals surface area contributed by atoms with Crippen LogP contribution in [0.4, 0.5) is 0 Å². The van der Waals surface area contributed by atoms with Crippen molar-refractivity contribution in [2.45, 2.75) is 26.3 Å². The topological polar surface area (TPSA) is 20.3 Å². The molecule has 0 atom stereocenters. The van der Waals surface area contributed by atoms with Gasteiger partial charge in [0.1, 0.15) is 7.29 Å². The third kappa shape index (κ3) is 2.85. The molecular weight excluding hydrogens is 145 g/mol. The Bertz CT molecular complexity index is 153. The molecule has 0 fully saturated rings. The number of rotatable bonds is 1. The van der Waals surface area contributed by atoms with Gasteiger partial charge in [-0.1, -0.05) is 0 Å². The lowest BCUT2D eigenvalue weighted by Crippen LogP contribution is -2.34. The van der Waals surface area contributed by atoms with Crippen LogP contribution >= 0.6 is 7.29 Å². The van der Waals surface area contributed by atoms with E-state index in [9.17, 15) is 4.57 Å². The molecule has 0 aromatic rings. The first-order chi connectivity index (χ1) is 4.15. The Morgan fingerprint density at radius 3 is 1.50 bits per heavy atom. The molecule has 2 nitrogen and oxygen atoms in total. The van der Waals surface area contributed by atoms with Crippen LogP contribution in [0.5, 0.6) is 0 Å². The second-order valence-electron chi connectivity index (χ2n) is 3.99. The second-order valence-corrected chi connectivity index (χ2v) is 7.18. The number of hydrogen-bond acceptors (Lipinski definition) is 1. The molecule has 0 unspecified atom stereocenters. The van der Waals surface area contributed by atoms with Gasteiger partial charge >= 0.3 is 0 Å². The lowest BCUT2D eigenvalue weighted by molar-refractivity contribution is 0.292. The van der Waals surface area contributed by atoms with E-state index in [1.807, 2.05) is 11.7 Å². The van der Waals surface area contributed by atoms with Gasteiger partial charge in [-0.05, 0) is 27.8 Å². The minimum absolute atomic E-state index is 0.0129. The average Bonchev–Trinajstić information content (AvgIpc) is 1.59. The molecule has 0 aliphatic heterocycles. The SMILES string of the molecule is CN(C(C)(C)C)P(C)(C)=O. The highest BCUT2D eigenvalue weighted by Crippen LogP contribution is 2.44. The lowest BCUT2D eigenvalue weighted by atomic mass is 10.1. The van der Waals surface area contributed by atoms with Gasteiger partial charge in [-0.3, -0.25) is 4.67 Å². The molecule has 0 spiro atoms. The van der Waals surface area contributed by atoms with Crippen LogP contribution < -0.4 is 0 Å². The van der Waals surface area contributed by atoms with E-state index in [0.717, 1.165) is 0 Å². The summed E-state index contributed by atoms with van der Waals surface area (Å²) in [6.45, 7) is 9.77. The summed E-state index contributed by atoms with van der Waals surface area (Å²) in [4.78, 5) is 0. The van der Waals surface area contributed by atoms with E-state index in [1.165, 1.54) is 0 Å². The van der Waals surface area contributed by atoms with Gasteiger partial charge in [0.2, 0.25) is 0 Å². The molecule has 0 N–H and O–H groups in total. The van der Waals surface area contributed by atoms with E-state index >= 15 is 0 Å². The molecule has 0 bridgehead atoms. The molecule has 0 aromatic carbocycles. The van der Waals surface area contributed by atoms with Gasteiger partial charge in [-0.2, -0.15) is 0 Å². The Hall–Kier alpha value is 0.190. The van der Waals surface area contributed by atoms with Crippen molar-refractivity contribution < 1.29 is 4.57 Å². The Morgan fingerprint density at radius 2 is 1.50 bits per heavy atom. The average molecular weight is 163 g/mol. The first kappa shape index (κ1) is 10.2. The van der Waals surface area contributed by atoms with Crippen LogP contribution in [-0.4, -0.2) is 30.6 Å². The van der Waals surface area contributed by atoms with Crippen LogP contribution in [0.25, 0.3) is 0 Å². The molecule has 0 saturated heterocycles. The van der Waals surface area contributed by atoms with E-state index in [0.29, 0.717) is 0 Å². The minimum Gasteiger partial charge on any atom is -0.307 e. The highest BCUT2D eigenvalue weighted by Gasteiger charge is 2.26. The summed E-state index contributed by atoms with van der Waals surface area (Å²) < 4.78 is 13.4. The summed E-state index contributed by atoms with van der Waals surface area (Å²) in [5.41, 5.74) is 0.0129. The molecule has 0 aliphatic carbocycles. The van der Waals surface area contributed by atoms with Gasteiger partial charge < -0.3 is 4.57 Å². The Balaban J connectivity index is 4.39. The van der Waals surface area contributed by atoms with Crippen molar-refractivity contribution in [2.24, 2.45) is 0 Å². The van der Waals surface area contributed by atoms with E-state index < -0.39 is 7.29 Å². The van der Waals surface area contributed by atoms with Crippen molar-refractivity contribution in [2.75, 3.05) is 20.4 Å². The molecule has 0 aliphatic rings. The summed E-state index contributed by atoms with van der Waals surface area (Å²) in [6.07, 6.45) is 0. The molecular formula is C7H18NOP. The molecule has 3 heteroatoms. The fraction of sp³-hybridized carbons (Fsp3) is 1.00. The predicted octanol–water partition coefficient (Wildman–Crippen LogP) is 2.25. The normalized spacial score (nSPS) is 14.3. The Morgan fingerprint density at radius 1 is 1.20 bits per heavy atom. The molecule has 0 radical (unpaired) electrons. The standard InChI is InChI=1S/C7H18NOP/c1-7(2,3)8(4)10(5,6)9/h1-6H3. The molecule has 0 aromatic heterocycles. The molecule has 0 rings (SSSR count). The van der Waals surface area contributed by atoms with Crippen LogP contribution in [0.2, 0.25) is 0 Å². The van der Waals surface area contributed by atoms with E-state index in [-0.39, 0.29) is 5.54 Å². The zero-order valence-electron chi connectivity index (χ0n) is 7.80. The summed E-state index contributed by atoms with van der Waals surface area (Å²) >= 11 is 0. The van der Waals surface area contributed by atoms with Crippen LogP contribution in [0, 0.1) is 0 Å². The summed E-state index contributed by atoms with van der Waals surface area (Å²) in [6, 6.07) is 0. The zero-order chi connectivity index (χ0) is 8.58. The van der Waals surface area contributed by atoms with Crippen molar-refractivity contribution >= 4 is 7.29 Å². The second kappa shape index (κ2) is 2.67. The predicted molar refractivity (Wildman–Crippen MR) is 47.0 cm³/mol. The monoisotopic (exact) mass is 163 g/mol. The van der Waals surface area contributed by atoms with Crippen molar-refractivity contribution in [1.29, 1.82) is 0 Å². The smallest absolute Gasteiger partial charge is 0.144 e. The maximum Gasteiger partial charge on any atom is 0.144 e. The number of nitrogens with zero attached hydrogens (tertiary/aromatic N) is 1. The zero-order valence-corrected chi connectivity index (χ0v) is 8.70. The van der Waals surface area contributed by atoms with E-state index in [2.05, 4.69) is 20.8 Å². The highest BCUT2D eigenvalue weighted by molar-refractivity contribution is 7.59. The van der Waals surface area contributed by atoms with Crippen molar-refractivity contribution in [3.63, 3.8) is 0 Å². The first-order valence-electron chi connectivity index (χ1n) is 3.45. The Kier molecular flexibility index (Phi) is 2.72. The first-order valence-corrected chi connectivity index (χ1v) is 6.00. The van der Waals surface area contributed by atoms with Gasteiger partial charge in [0.25, 0.3) is 0 Å². The van der Waals surface area contributed by atoms with Crippen LogP contribution in [0.3, 0.4) is 0 Å². The molecule has 0 heterocycles. The van der Waals surface area contributed by atoms with Crippen LogP contribution in [-0.2, 0) is 4.57 Å². The molecule has 0 saturated carbocycles. The quantitative estimate of drug-likeness (QED) is 0.552.